The summed E-state index contributed by atoms with van der Waals surface area (Å²) >= 11 is 2.07. The maximum atomic E-state index is 6.26. The molecule has 2 aliphatic rings. The Kier molecular flexibility index (Phi) is 5.12. The largest absolute Gasteiger partial charge is 0.495 e. The molecule has 0 radical (unpaired) electrons. The van der Waals surface area contributed by atoms with Crippen molar-refractivity contribution in [2.75, 3.05) is 24.6 Å². The highest BCUT2D eigenvalue weighted by Gasteiger charge is 2.52. The molecule has 0 unspecified atom stereocenters. The lowest BCUT2D eigenvalue weighted by molar-refractivity contribution is 0.00578. The zero-order valence-corrected chi connectivity index (χ0v) is 15.6. The summed E-state index contributed by atoms with van der Waals surface area (Å²) in [6.45, 7) is 11.8. The molecule has 2 fully saturated rings. The van der Waals surface area contributed by atoms with Gasteiger partial charge in [-0.05, 0) is 57.4 Å². The van der Waals surface area contributed by atoms with E-state index in [9.17, 15) is 0 Å². The second-order valence-corrected chi connectivity index (χ2v) is 8.75. The Morgan fingerprint density at radius 3 is 2.48 bits per heavy atom. The van der Waals surface area contributed by atoms with Crippen LogP contribution in [0.1, 0.15) is 39.7 Å². The highest BCUT2D eigenvalue weighted by Crippen LogP contribution is 2.36. The lowest BCUT2D eigenvalue weighted by Gasteiger charge is -2.32. The van der Waals surface area contributed by atoms with Crippen LogP contribution in [0.3, 0.4) is 0 Å². The number of hydrogen-bond donors (Lipinski definition) is 0. The Morgan fingerprint density at radius 2 is 1.74 bits per heavy atom. The lowest BCUT2D eigenvalue weighted by atomic mass is 9.76. The van der Waals surface area contributed by atoms with Gasteiger partial charge < -0.3 is 9.31 Å². The molecule has 0 aromatic heterocycles. The molecule has 0 spiro atoms. The third-order valence-corrected chi connectivity index (χ3v) is 6.32. The summed E-state index contributed by atoms with van der Waals surface area (Å²) in [5.74, 6) is 2.52. The average molecular weight is 333 g/mol. The maximum Gasteiger partial charge on any atom is 0.495 e. The molecule has 1 aromatic rings. The molecule has 5 heteroatoms. The maximum absolute atomic E-state index is 6.26. The molecule has 0 aliphatic carbocycles. The van der Waals surface area contributed by atoms with Crippen LogP contribution in [0.2, 0.25) is 0 Å². The standard InChI is InChI=1S/C18H28BNO2S/c1-17(2)18(3,4)22-19(21-17)16-9-6-5-8-15(16)14-20-10-7-12-23-13-11-20/h5-6,8-9H,7,10-14H2,1-4H3. The van der Waals surface area contributed by atoms with Crippen LogP contribution >= 0.6 is 11.8 Å². The van der Waals surface area contributed by atoms with Crippen LogP contribution in [0.15, 0.2) is 24.3 Å². The smallest absolute Gasteiger partial charge is 0.399 e. The SMILES string of the molecule is CC1(C)OB(c2ccccc2CN2CCCSCC2)OC1(C)C. The van der Waals surface area contributed by atoms with E-state index in [1.54, 1.807) is 0 Å². The molecule has 0 bridgehead atoms. The second-order valence-electron chi connectivity index (χ2n) is 7.53. The predicted octanol–water partition coefficient (Wildman–Crippen LogP) is 2.92. The highest BCUT2D eigenvalue weighted by molar-refractivity contribution is 7.99. The van der Waals surface area contributed by atoms with Crippen molar-refractivity contribution >= 4 is 24.3 Å². The van der Waals surface area contributed by atoms with E-state index in [0.717, 1.165) is 6.54 Å². The van der Waals surface area contributed by atoms with Crippen LogP contribution in [0.25, 0.3) is 0 Å². The fraction of sp³-hybridized carbons (Fsp3) is 0.667. The Balaban J connectivity index is 1.78. The van der Waals surface area contributed by atoms with Crippen LogP contribution in [-0.2, 0) is 15.9 Å². The first-order chi connectivity index (χ1) is 10.9. The summed E-state index contributed by atoms with van der Waals surface area (Å²) in [7, 11) is -0.266. The van der Waals surface area contributed by atoms with E-state index >= 15 is 0 Å². The van der Waals surface area contributed by atoms with Crippen LogP contribution in [0.5, 0.6) is 0 Å². The number of rotatable bonds is 3. The molecule has 0 atom stereocenters. The molecule has 23 heavy (non-hydrogen) atoms. The molecular formula is C18H28BNO2S. The fourth-order valence-electron chi connectivity index (χ4n) is 3.07. The number of hydrogen-bond acceptors (Lipinski definition) is 4. The van der Waals surface area contributed by atoms with Crippen LogP contribution in [-0.4, -0.2) is 47.8 Å². The molecule has 3 rings (SSSR count). The topological polar surface area (TPSA) is 21.7 Å². The van der Waals surface area contributed by atoms with Crippen molar-refractivity contribution in [3.63, 3.8) is 0 Å². The summed E-state index contributed by atoms with van der Waals surface area (Å²) < 4.78 is 12.5. The van der Waals surface area contributed by atoms with E-state index in [-0.39, 0.29) is 18.3 Å². The third kappa shape index (κ3) is 3.79. The molecular weight excluding hydrogens is 305 g/mol. The minimum absolute atomic E-state index is 0.266. The Hall–Kier alpha value is -0.485. The Morgan fingerprint density at radius 1 is 1.04 bits per heavy atom. The molecule has 1 aromatic carbocycles. The first-order valence-electron chi connectivity index (χ1n) is 8.63. The molecule has 2 heterocycles. The first kappa shape index (κ1) is 17.3. The van der Waals surface area contributed by atoms with E-state index in [4.69, 9.17) is 9.31 Å². The zero-order valence-electron chi connectivity index (χ0n) is 14.8. The quantitative estimate of drug-likeness (QED) is 0.793. The van der Waals surface area contributed by atoms with Crippen molar-refractivity contribution in [1.29, 1.82) is 0 Å². The Bertz CT molecular complexity index is 526. The third-order valence-electron chi connectivity index (χ3n) is 5.27. The van der Waals surface area contributed by atoms with E-state index in [1.807, 2.05) is 0 Å². The van der Waals surface area contributed by atoms with Crippen molar-refractivity contribution in [2.24, 2.45) is 0 Å². The van der Waals surface area contributed by atoms with Crippen LogP contribution in [0.4, 0.5) is 0 Å². The van der Waals surface area contributed by atoms with Crippen molar-refractivity contribution in [2.45, 2.75) is 51.9 Å². The van der Waals surface area contributed by atoms with Gasteiger partial charge in [-0.15, -0.1) is 0 Å². The van der Waals surface area contributed by atoms with Crippen molar-refractivity contribution in [1.82, 2.24) is 4.90 Å². The van der Waals surface area contributed by atoms with Gasteiger partial charge in [0.2, 0.25) is 0 Å². The van der Waals surface area contributed by atoms with E-state index in [2.05, 4.69) is 68.6 Å². The van der Waals surface area contributed by atoms with E-state index < -0.39 is 0 Å². The summed E-state index contributed by atoms with van der Waals surface area (Å²) in [6.07, 6.45) is 1.28. The van der Waals surface area contributed by atoms with Gasteiger partial charge >= 0.3 is 7.12 Å². The van der Waals surface area contributed by atoms with Gasteiger partial charge in [0.05, 0.1) is 11.2 Å². The summed E-state index contributed by atoms with van der Waals surface area (Å²) in [6, 6.07) is 8.58. The van der Waals surface area contributed by atoms with E-state index in [1.165, 1.54) is 42.0 Å². The van der Waals surface area contributed by atoms with Crippen LogP contribution in [0, 0.1) is 0 Å². The molecule has 2 saturated heterocycles. The monoisotopic (exact) mass is 333 g/mol. The van der Waals surface area contributed by atoms with Crippen molar-refractivity contribution in [3.8, 4) is 0 Å². The molecule has 3 nitrogen and oxygen atoms in total. The molecule has 126 valence electrons. The van der Waals surface area contributed by atoms with Gasteiger partial charge in [0, 0.05) is 18.8 Å². The van der Waals surface area contributed by atoms with Gasteiger partial charge in [0.1, 0.15) is 0 Å². The summed E-state index contributed by atoms with van der Waals surface area (Å²) in [5.41, 5.74) is 1.94. The average Bonchev–Trinajstić information content (AvgIpc) is 2.67. The van der Waals surface area contributed by atoms with Gasteiger partial charge in [0.25, 0.3) is 0 Å². The van der Waals surface area contributed by atoms with Gasteiger partial charge in [-0.3, -0.25) is 4.90 Å². The van der Waals surface area contributed by atoms with Gasteiger partial charge in [0.15, 0.2) is 0 Å². The first-order valence-corrected chi connectivity index (χ1v) is 9.78. The number of nitrogens with zero attached hydrogens (tertiary/aromatic N) is 1. The molecule has 0 amide bonds. The predicted molar refractivity (Wildman–Crippen MR) is 99.4 cm³/mol. The van der Waals surface area contributed by atoms with Crippen molar-refractivity contribution in [3.05, 3.63) is 29.8 Å². The lowest BCUT2D eigenvalue weighted by Crippen LogP contribution is -2.41. The van der Waals surface area contributed by atoms with Gasteiger partial charge in [-0.1, -0.05) is 24.3 Å². The molecule has 0 saturated carbocycles. The number of benzene rings is 1. The Labute approximate surface area is 145 Å². The van der Waals surface area contributed by atoms with Gasteiger partial charge in [-0.2, -0.15) is 11.8 Å². The van der Waals surface area contributed by atoms with Crippen molar-refractivity contribution < 1.29 is 9.31 Å². The second kappa shape index (κ2) is 6.79. The van der Waals surface area contributed by atoms with Crippen LogP contribution < -0.4 is 5.46 Å². The zero-order chi connectivity index (χ0) is 16.5. The van der Waals surface area contributed by atoms with Gasteiger partial charge in [-0.25, -0.2) is 0 Å². The fourth-order valence-corrected chi connectivity index (χ4v) is 4.00. The summed E-state index contributed by atoms with van der Waals surface area (Å²) in [5, 5.41) is 0. The number of thioether (sulfide) groups is 1. The van der Waals surface area contributed by atoms with E-state index in [0.29, 0.717) is 0 Å². The normalized spacial score (nSPS) is 24.6. The highest BCUT2D eigenvalue weighted by atomic mass is 32.2. The summed E-state index contributed by atoms with van der Waals surface area (Å²) in [4.78, 5) is 2.56. The molecule has 2 aliphatic heterocycles. The minimum atomic E-state index is -0.288. The minimum Gasteiger partial charge on any atom is -0.399 e. The molecule has 0 N–H and O–H groups in total.